The Bertz CT molecular complexity index is 989. The van der Waals surface area contributed by atoms with E-state index in [1.165, 1.54) is 193 Å². The average Bonchev–Trinajstić information content (AvgIpc) is 3.20. The largest absolute Gasteiger partial charge is 0.756 e. The number of hydrogen-bond donors (Lipinski definition) is 2. The van der Waals surface area contributed by atoms with Crippen LogP contribution in [0.2, 0.25) is 0 Å². The van der Waals surface area contributed by atoms with Crippen LogP contribution in [0.15, 0.2) is 12.2 Å². The number of hydrogen-bond acceptors (Lipinski definition) is 6. The average molecular weight is 871 g/mol. The molecule has 0 radical (unpaired) electrons. The fourth-order valence-corrected chi connectivity index (χ4v) is 8.58. The first-order valence-electron chi connectivity index (χ1n) is 26.0. The lowest BCUT2D eigenvalue weighted by Crippen LogP contribution is -2.46. The molecule has 0 aromatic rings. The second-order valence-electron chi connectivity index (χ2n) is 19.2. The van der Waals surface area contributed by atoms with Crippen molar-refractivity contribution in [2.75, 3.05) is 40.9 Å². The first kappa shape index (κ1) is 59.2. The van der Waals surface area contributed by atoms with Crippen LogP contribution in [0.3, 0.4) is 0 Å². The molecule has 0 rings (SSSR count). The van der Waals surface area contributed by atoms with Crippen LogP contribution >= 0.6 is 7.82 Å². The number of amides is 1. The van der Waals surface area contributed by atoms with Gasteiger partial charge in [-0.15, -0.1) is 0 Å². The van der Waals surface area contributed by atoms with Crippen LogP contribution < -0.4 is 10.2 Å². The molecule has 60 heavy (non-hydrogen) atoms. The minimum absolute atomic E-state index is 0.0142. The van der Waals surface area contributed by atoms with E-state index in [1.807, 2.05) is 21.1 Å². The second kappa shape index (κ2) is 43.5. The molecule has 0 bridgehead atoms. The summed E-state index contributed by atoms with van der Waals surface area (Å²) in [6, 6.07) is -0.795. The molecule has 0 saturated heterocycles. The number of unbranched alkanes of at least 4 members (excludes halogenated alkanes) is 33. The van der Waals surface area contributed by atoms with Gasteiger partial charge in [0.1, 0.15) is 13.2 Å². The fourth-order valence-electron chi connectivity index (χ4n) is 7.86. The molecule has 0 aliphatic carbocycles. The van der Waals surface area contributed by atoms with Crippen LogP contribution in [-0.4, -0.2) is 68.5 Å². The minimum atomic E-state index is -4.56. The molecular weight excluding hydrogens is 768 g/mol. The number of rotatable bonds is 48. The van der Waals surface area contributed by atoms with Gasteiger partial charge in [0.05, 0.1) is 39.9 Å². The van der Waals surface area contributed by atoms with Gasteiger partial charge >= 0.3 is 0 Å². The summed E-state index contributed by atoms with van der Waals surface area (Å²) in [5.74, 6) is -0.164. The standard InChI is InChI=1S/C51H103N2O6P/c1-6-8-10-12-14-16-17-18-19-20-21-22-23-24-25-26-27-28-29-30-31-32-33-34-35-37-39-41-43-45-51(55)52-49(48-59-60(56,57)58-47-46-53(3,4)5)50(54)44-42-40-38-36-15-13-11-9-7-2/h24-25,49-50,54H,6-23,26-48H2,1-5H3,(H-,52,55,56,57)/b25-24-. The zero-order valence-electron chi connectivity index (χ0n) is 40.7. The summed E-state index contributed by atoms with van der Waals surface area (Å²) >= 11 is 0. The van der Waals surface area contributed by atoms with Gasteiger partial charge in [-0.2, -0.15) is 0 Å². The van der Waals surface area contributed by atoms with Crippen molar-refractivity contribution in [3.63, 3.8) is 0 Å². The Morgan fingerprint density at radius 3 is 1.30 bits per heavy atom. The lowest BCUT2D eigenvalue weighted by atomic mass is 10.0. The van der Waals surface area contributed by atoms with Gasteiger partial charge in [0.15, 0.2) is 0 Å². The number of nitrogens with zero attached hydrogens (tertiary/aromatic N) is 1. The Hall–Kier alpha value is -0.760. The summed E-state index contributed by atoms with van der Waals surface area (Å²) in [5.41, 5.74) is 0. The zero-order valence-corrected chi connectivity index (χ0v) is 41.6. The van der Waals surface area contributed by atoms with E-state index in [9.17, 15) is 19.4 Å². The summed E-state index contributed by atoms with van der Waals surface area (Å²) in [6.45, 7) is 4.72. The Balaban J connectivity index is 3.97. The normalized spacial score (nSPS) is 14.2. The van der Waals surface area contributed by atoms with E-state index >= 15 is 0 Å². The molecule has 9 heteroatoms. The fraction of sp³-hybridized carbons (Fsp3) is 0.941. The van der Waals surface area contributed by atoms with E-state index in [0.29, 0.717) is 23.9 Å². The quantitative estimate of drug-likeness (QED) is 0.0273. The number of aliphatic hydroxyl groups excluding tert-OH is 1. The summed E-state index contributed by atoms with van der Waals surface area (Å²) in [6.07, 6.45) is 51.1. The van der Waals surface area contributed by atoms with E-state index < -0.39 is 20.0 Å². The summed E-state index contributed by atoms with van der Waals surface area (Å²) in [7, 11) is 1.31. The van der Waals surface area contributed by atoms with Crippen LogP contribution in [0.1, 0.15) is 258 Å². The van der Waals surface area contributed by atoms with Crippen LogP contribution in [0.5, 0.6) is 0 Å². The van der Waals surface area contributed by atoms with E-state index in [1.54, 1.807) is 0 Å². The molecule has 0 fully saturated rings. The molecule has 3 unspecified atom stereocenters. The number of carbonyl (C=O) groups is 1. The predicted molar refractivity (Wildman–Crippen MR) is 256 cm³/mol. The summed E-state index contributed by atoms with van der Waals surface area (Å²) < 4.78 is 23.2. The van der Waals surface area contributed by atoms with Gasteiger partial charge in [-0.05, 0) is 38.5 Å². The van der Waals surface area contributed by atoms with Crippen molar-refractivity contribution in [3.05, 3.63) is 12.2 Å². The maximum absolute atomic E-state index is 12.9. The van der Waals surface area contributed by atoms with Crippen LogP contribution in [0.4, 0.5) is 0 Å². The SMILES string of the molecule is CCCCCCCCCCCCCC/C=C\CCCCCCCCCCCCCCCC(=O)NC(COP(=O)([O-])OCC[N+](C)(C)C)C(O)CCCCCCCCCCC. The van der Waals surface area contributed by atoms with Crippen LogP contribution in [-0.2, 0) is 18.4 Å². The third kappa shape index (κ3) is 45.3. The first-order valence-corrected chi connectivity index (χ1v) is 27.5. The van der Waals surface area contributed by atoms with E-state index in [2.05, 4.69) is 31.3 Å². The van der Waals surface area contributed by atoms with Gasteiger partial charge in [-0.25, -0.2) is 0 Å². The molecule has 0 aliphatic heterocycles. The highest BCUT2D eigenvalue weighted by Crippen LogP contribution is 2.38. The van der Waals surface area contributed by atoms with E-state index in [0.717, 1.165) is 38.5 Å². The number of nitrogens with one attached hydrogen (secondary N) is 1. The van der Waals surface area contributed by atoms with E-state index in [-0.39, 0.29) is 19.1 Å². The van der Waals surface area contributed by atoms with Gasteiger partial charge in [0.25, 0.3) is 7.82 Å². The Labute approximate surface area is 373 Å². The monoisotopic (exact) mass is 871 g/mol. The summed E-state index contributed by atoms with van der Waals surface area (Å²) in [4.78, 5) is 25.3. The molecule has 0 aliphatic rings. The third-order valence-electron chi connectivity index (χ3n) is 12.0. The van der Waals surface area contributed by atoms with Crippen molar-refractivity contribution in [2.24, 2.45) is 0 Å². The van der Waals surface area contributed by atoms with Crippen molar-refractivity contribution >= 4 is 13.7 Å². The number of quaternary nitrogens is 1. The second-order valence-corrected chi connectivity index (χ2v) is 20.6. The van der Waals surface area contributed by atoms with Crippen LogP contribution in [0, 0.1) is 0 Å². The number of carbonyl (C=O) groups excluding carboxylic acids is 1. The molecule has 0 heterocycles. The van der Waals surface area contributed by atoms with Gasteiger partial charge in [-0.1, -0.05) is 225 Å². The molecule has 358 valence electrons. The predicted octanol–water partition coefficient (Wildman–Crippen LogP) is 14.5. The van der Waals surface area contributed by atoms with Gasteiger partial charge in [0, 0.05) is 6.42 Å². The first-order chi connectivity index (χ1) is 29.0. The highest BCUT2D eigenvalue weighted by Gasteiger charge is 2.24. The molecule has 0 spiro atoms. The third-order valence-corrected chi connectivity index (χ3v) is 13.0. The molecule has 0 aromatic heterocycles. The van der Waals surface area contributed by atoms with Gasteiger partial charge in [-0.3, -0.25) is 9.36 Å². The number of phosphoric ester groups is 1. The molecule has 3 atom stereocenters. The lowest BCUT2D eigenvalue weighted by Gasteiger charge is -2.30. The van der Waals surface area contributed by atoms with Crippen molar-refractivity contribution < 1.29 is 32.9 Å². The lowest BCUT2D eigenvalue weighted by molar-refractivity contribution is -0.870. The van der Waals surface area contributed by atoms with Gasteiger partial charge in [0.2, 0.25) is 5.91 Å². The number of likely N-dealkylation sites (N-methyl/N-ethyl adjacent to an activating group) is 1. The topological polar surface area (TPSA) is 108 Å². The molecule has 1 amide bonds. The molecule has 0 saturated carbocycles. The molecule has 0 aromatic carbocycles. The molecular formula is C51H103N2O6P. The number of phosphoric acid groups is 1. The number of allylic oxidation sites excluding steroid dienone is 2. The smallest absolute Gasteiger partial charge is 0.268 e. The van der Waals surface area contributed by atoms with E-state index in [4.69, 9.17) is 9.05 Å². The van der Waals surface area contributed by atoms with Crippen molar-refractivity contribution in [1.29, 1.82) is 0 Å². The van der Waals surface area contributed by atoms with Crippen LogP contribution in [0.25, 0.3) is 0 Å². The Morgan fingerprint density at radius 1 is 0.567 bits per heavy atom. The number of aliphatic hydroxyl groups is 1. The Morgan fingerprint density at radius 2 is 0.917 bits per heavy atom. The van der Waals surface area contributed by atoms with Crippen molar-refractivity contribution in [2.45, 2.75) is 270 Å². The molecule has 8 nitrogen and oxygen atoms in total. The minimum Gasteiger partial charge on any atom is -0.756 e. The van der Waals surface area contributed by atoms with Crippen molar-refractivity contribution in [3.8, 4) is 0 Å². The highest BCUT2D eigenvalue weighted by atomic mass is 31.2. The maximum Gasteiger partial charge on any atom is 0.268 e. The van der Waals surface area contributed by atoms with Gasteiger partial charge < -0.3 is 28.8 Å². The summed E-state index contributed by atoms with van der Waals surface area (Å²) in [5, 5.41) is 13.9. The maximum atomic E-state index is 12.9. The Kier molecular flexibility index (Phi) is 42.9. The highest BCUT2D eigenvalue weighted by molar-refractivity contribution is 7.45. The molecule has 2 N–H and O–H groups in total. The zero-order chi connectivity index (χ0) is 44.3. The van der Waals surface area contributed by atoms with Crippen molar-refractivity contribution in [1.82, 2.24) is 5.32 Å².